The smallest absolute Gasteiger partial charge is 0.208 e. The van der Waals surface area contributed by atoms with Gasteiger partial charge in [0, 0.05) is 22.3 Å². The molecular formula is C12H8BrNO2. The molecule has 0 spiro atoms. The number of aromatic nitrogens is 1. The summed E-state index contributed by atoms with van der Waals surface area (Å²) in [6.07, 6.45) is 0.834. The maximum atomic E-state index is 10.8. The van der Waals surface area contributed by atoms with Gasteiger partial charge in [0.25, 0.3) is 0 Å². The fourth-order valence-corrected chi connectivity index (χ4v) is 2.28. The molecule has 3 rings (SSSR count). The average Bonchev–Trinajstić information content (AvgIpc) is 2.75. The minimum atomic E-state index is 0.624. The molecule has 0 amide bonds. The molecule has 0 saturated heterocycles. The molecule has 3 nitrogen and oxygen atoms in total. The van der Waals surface area contributed by atoms with Crippen LogP contribution in [0.1, 0.15) is 10.5 Å². The van der Waals surface area contributed by atoms with Gasteiger partial charge in [-0.05, 0) is 24.3 Å². The van der Waals surface area contributed by atoms with Gasteiger partial charge in [-0.3, -0.25) is 4.79 Å². The first-order chi connectivity index (χ1) is 7.70. The first kappa shape index (κ1) is 9.66. The summed E-state index contributed by atoms with van der Waals surface area (Å²) >= 11 is 3.40. The Morgan fingerprint density at radius 2 is 2.12 bits per heavy atom. The quantitative estimate of drug-likeness (QED) is 0.638. The number of rotatable bonds is 1. The predicted octanol–water partition coefficient (Wildman–Crippen LogP) is 3.50. The van der Waals surface area contributed by atoms with Gasteiger partial charge in [0.05, 0.1) is 5.69 Å². The van der Waals surface area contributed by atoms with Gasteiger partial charge in [-0.15, -0.1) is 0 Å². The summed E-state index contributed by atoms with van der Waals surface area (Å²) in [6, 6.07) is 7.72. The summed E-state index contributed by atoms with van der Waals surface area (Å²) in [5, 5.41) is 2.01. The van der Waals surface area contributed by atoms with E-state index in [-0.39, 0.29) is 0 Å². The van der Waals surface area contributed by atoms with Crippen LogP contribution in [0.3, 0.4) is 0 Å². The number of nitrogens with zero attached hydrogens (tertiary/aromatic N) is 1. The van der Waals surface area contributed by atoms with Gasteiger partial charge in [0.1, 0.15) is 5.58 Å². The molecule has 2 heterocycles. The van der Waals surface area contributed by atoms with Crippen molar-refractivity contribution in [3.8, 4) is 0 Å². The van der Waals surface area contributed by atoms with Gasteiger partial charge in [-0.2, -0.15) is 0 Å². The van der Waals surface area contributed by atoms with Crippen LogP contribution in [0.15, 0.2) is 33.2 Å². The molecule has 0 bridgehead atoms. The second kappa shape index (κ2) is 3.22. The lowest BCUT2D eigenvalue weighted by Crippen LogP contribution is -1.92. The number of halogens is 1. The van der Waals surface area contributed by atoms with Crippen molar-refractivity contribution >= 4 is 44.3 Å². The molecular weight excluding hydrogens is 270 g/mol. The molecule has 0 saturated carbocycles. The topological polar surface area (TPSA) is 35.1 Å². The number of aldehydes is 1. The lowest BCUT2D eigenvalue weighted by atomic mass is 10.2. The van der Waals surface area contributed by atoms with E-state index in [0.29, 0.717) is 5.69 Å². The van der Waals surface area contributed by atoms with Crippen LogP contribution in [0.5, 0.6) is 0 Å². The molecule has 0 unspecified atom stereocenters. The molecule has 3 aromatic rings. The van der Waals surface area contributed by atoms with E-state index in [1.165, 1.54) is 0 Å². The van der Waals surface area contributed by atoms with Crippen molar-refractivity contribution in [3.63, 3.8) is 0 Å². The van der Waals surface area contributed by atoms with Crippen molar-refractivity contribution in [2.24, 2.45) is 7.05 Å². The second-order valence-corrected chi connectivity index (χ2v) is 4.62. The van der Waals surface area contributed by atoms with Crippen LogP contribution >= 0.6 is 15.9 Å². The zero-order chi connectivity index (χ0) is 11.3. The van der Waals surface area contributed by atoms with Crippen molar-refractivity contribution in [2.75, 3.05) is 0 Å². The number of hydrogen-bond donors (Lipinski definition) is 0. The first-order valence-electron chi connectivity index (χ1n) is 4.83. The van der Waals surface area contributed by atoms with E-state index in [4.69, 9.17) is 4.42 Å². The van der Waals surface area contributed by atoms with Gasteiger partial charge >= 0.3 is 0 Å². The highest BCUT2D eigenvalue weighted by atomic mass is 79.9. The monoisotopic (exact) mass is 277 g/mol. The lowest BCUT2D eigenvalue weighted by Gasteiger charge is -1.93. The van der Waals surface area contributed by atoms with Crippen LogP contribution in [-0.4, -0.2) is 10.9 Å². The fourth-order valence-electron chi connectivity index (χ4n) is 1.94. The number of fused-ring (bicyclic) bond motifs is 3. The van der Waals surface area contributed by atoms with E-state index in [1.807, 2.05) is 31.3 Å². The Bertz CT molecular complexity index is 709. The summed E-state index contributed by atoms with van der Waals surface area (Å²) in [7, 11) is 1.82. The van der Waals surface area contributed by atoms with Crippen molar-refractivity contribution < 1.29 is 9.21 Å². The number of aryl methyl sites for hydroxylation is 1. The molecule has 0 fully saturated rings. The summed E-state index contributed by atoms with van der Waals surface area (Å²) < 4.78 is 8.46. The van der Waals surface area contributed by atoms with Crippen molar-refractivity contribution in [3.05, 3.63) is 34.4 Å². The highest BCUT2D eigenvalue weighted by Gasteiger charge is 2.13. The molecule has 0 aliphatic rings. The summed E-state index contributed by atoms with van der Waals surface area (Å²) in [5.41, 5.74) is 2.18. The minimum Gasteiger partial charge on any atom is -0.439 e. The Morgan fingerprint density at radius 1 is 1.31 bits per heavy atom. The maximum Gasteiger partial charge on any atom is 0.208 e. The van der Waals surface area contributed by atoms with Crippen molar-refractivity contribution in [1.82, 2.24) is 4.57 Å². The maximum absolute atomic E-state index is 10.8. The third-order valence-corrected chi connectivity index (χ3v) is 3.27. The molecule has 0 aliphatic heterocycles. The molecule has 0 N–H and O–H groups in total. The molecule has 80 valence electrons. The third-order valence-electron chi connectivity index (χ3n) is 2.78. The van der Waals surface area contributed by atoms with Gasteiger partial charge in [0.2, 0.25) is 5.71 Å². The summed E-state index contributed by atoms with van der Waals surface area (Å²) in [4.78, 5) is 10.8. The molecule has 0 atom stereocenters. The Balaban J connectivity index is 2.49. The van der Waals surface area contributed by atoms with Crippen LogP contribution in [-0.2, 0) is 7.05 Å². The zero-order valence-corrected chi connectivity index (χ0v) is 10.1. The number of carbonyl (C=O) groups is 1. The van der Waals surface area contributed by atoms with E-state index in [0.717, 1.165) is 32.8 Å². The minimum absolute atomic E-state index is 0.624. The lowest BCUT2D eigenvalue weighted by molar-refractivity contribution is 0.111. The largest absolute Gasteiger partial charge is 0.439 e. The zero-order valence-electron chi connectivity index (χ0n) is 8.53. The van der Waals surface area contributed by atoms with Gasteiger partial charge in [-0.1, -0.05) is 15.9 Å². The SMILES string of the molecule is Cn1c(C=O)cc2c3ccc(Br)cc3oc21. The van der Waals surface area contributed by atoms with Gasteiger partial charge < -0.3 is 8.98 Å². The van der Waals surface area contributed by atoms with E-state index in [9.17, 15) is 4.79 Å². The van der Waals surface area contributed by atoms with E-state index >= 15 is 0 Å². The molecule has 0 aliphatic carbocycles. The number of furan rings is 1. The summed E-state index contributed by atoms with van der Waals surface area (Å²) in [6.45, 7) is 0. The average molecular weight is 278 g/mol. The first-order valence-corrected chi connectivity index (χ1v) is 5.62. The van der Waals surface area contributed by atoms with Gasteiger partial charge in [-0.25, -0.2) is 0 Å². The molecule has 1 aromatic carbocycles. The van der Waals surface area contributed by atoms with Crippen LogP contribution in [0.4, 0.5) is 0 Å². The molecule has 0 radical (unpaired) electrons. The highest BCUT2D eigenvalue weighted by Crippen LogP contribution is 2.31. The number of benzene rings is 1. The van der Waals surface area contributed by atoms with E-state index < -0.39 is 0 Å². The second-order valence-electron chi connectivity index (χ2n) is 3.71. The molecule has 16 heavy (non-hydrogen) atoms. The number of carbonyl (C=O) groups excluding carboxylic acids is 1. The number of hydrogen-bond acceptors (Lipinski definition) is 2. The predicted molar refractivity (Wildman–Crippen MR) is 65.8 cm³/mol. The van der Waals surface area contributed by atoms with Crippen molar-refractivity contribution in [2.45, 2.75) is 0 Å². The van der Waals surface area contributed by atoms with E-state index in [2.05, 4.69) is 15.9 Å². The summed E-state index contributed by atoms with van der Waals surface area (Å²) in [5.74, 6) is 0. The highest BCUT2D eigenvalue weighted by molar-refractivity contribution is 9.10. The Labute approximate surface area is 99.8 Å². The van der Waals surface area contributed by atoms with Crippen LogP contribution < -0.4 is 0 Å². The molecule has 4 heteroatoms. The Hall–Kier alpha value is -1.55. The Morgan fingerprint density at radius 3 is 2.88 bits per heavy atom. The van der Waals surface area contributed by atoms with E-state index in [1.54, 1.807) is 4.57 Å². The van der Waals surface area contributed by atoms with Crippen molar-refractivity contribution in [1.29, 1.82) is 0 Å². The van der Waals surface area contributed by atoms with Crippen LogP contribution in [0.2, 0.25) is 0 Å². The standard InChI is InChI=1S/C12H8BrNO2/c1-14-8(6-15)5-10-9-3-2-7(13)4-11(9)16-12(10)14/h2-6H,1H3. The van der Waals surface area contributed by atoms with Crippen LogP contribution in [0, 0.1) is 0 Å². The Kier molecular flexibility index (Phi) is 1.94. The van der Waals surface area contributed by atoms with Gasteiger partial charge in [0.15, 0.2) is 6.29 Å². The molecule has 2 aromatic heterocycles. The fraction of sp³-hybridized carbons (Fsp3) is 0.0833. The van der Waals surface area contributed by atoms with Crippen LogP contribution in [0.25, 0.3) is 22.1 Å². The third kappa shape index (κ3) is 1.16. The normalized spacial score (nSPS) is 11.4.